The zero-order valence-electron chi connectivity index (χ0n) is 16.9. The van der Waals surface area contributed by atoms with Crippen LogP contribution in [0.4, 0.5) is 0 Å². The molecule has 5 nitrogen and oxygen atoms in total. The highest BCUT2D eigenvalue weighted by atomic mass is 35.5. The molecule has 0 unspecified atom stereocenters. The van der Waals surface area contributed by atoms with Gasteiger partial charge in [-0.25, -0.2) is 4.98 Å². The summed E-state index contributed by atoms with van der Waals surface area (Å²) in [5.41, 5.74) is 3.07. The Hall–Kier alpha value is -2.50. The lowest BCUT2D eigenvalue weighted by Crippen LogP contribution is -2.20. The van der Waals surface area contributed by atoms with Crippen LogP contribution in [-0.4, -0.2) is 37.2 Å². The van der Waals surface area contributed by atoms with Gasteiger partial charge in [0.2, 0.25) is 5.89 Å². The van der Waals surface area contributed by atoms with Gasteiger partial charge in [0.15, 0.2) is 11.5 Å². The first-order valence-corrected chi connectivity index (χ1v) is 10.1. The Balaban J connectivity index is 1.49. The molecule has 0 saturated carbocycles. The highest BCUT2D eigenvalue weighted by Crippen LogP contribution is 2.35. The molecule has 29 heavy (non-hydrogen) atoms. The van der Waals surface area contributed by atoms with E-state index < -0.39 is 0 Å². The lowest BCUT2D eigenvalue weighted by molar-refractivity contribution is 0.321. The summed E-state index contributed by atoms with van der Waals surface area (Å²) in [6, 6.07) is 13.8. The Morgan fingerprint density at radius 3 is 2.69 bits per heavy atom. The molecule has 152 valence electrons. The van der Waals surface area contributed by atoms with Gasteiger partial charge < -0.3 is 13.9 Å². The zero-order chi connectivity index (χ0) is 20.4. The minimum Gasteiger partial charge on any atom is -0.493 e. The van der Waals surface area contributed by atoms with Crippen LogP contribution in [0.5, 0.6) is 11.5 Å². The van der Waals surface area contributed by atoms with Gasteiger partial charge in [0.05, 0.1) is 19.9 Å². The van der Waals surface area contributed by atoms with Crippen molar-refractivity contribution in [2.24, 2.45) is 0 Å². The number of rotatable bonds is 6. The molecule has 1 aromatic heterocycles. The standard InChI is InChI=1S/C23H25ClN2O3/c1-15-20(14-26-11-10-17(13-26)18-6-4-5-7-19(18)24)25-23(29-15)16-8-9-21(27-2)22(12-16)28-3/h4-9,12,17H,10-11,13-14H2,1-3H3/t17-/m1/s1. The largest absolute Gasteiger partial charge is 0.493 e. The molecule has 1 fully saturated rings. The molecular formula is C23H25ClN2O3. The number of oxazole rings is 1. The quantitative estimate of drug-likeness (QED) is 0.549. The van der Waals surface area contributed by atoms with E-state index in [4.69, 9.17) is 30.5 Å². The van der Waals surface area contributed by atoms with Gasteiger partial charge in [0, 0.05) is 23.7 Å². The summed E-state index contributed by atoms with van der Waals surface area (Å²) in [7, 11) is 3.24. The maximum absolute atomic E-state index is 6.39. The summed E-state index contributed by atoms with van der Waals surface area (Å²) in [6.07, 6.45) is 1.10. The molecule has 0 radical (unpaired) electrons. The highest BCUT2D eigenvalue weighted by Gasteiger charge is 2.26. The average Bonchev–Trinajstić information content (AvgIpc) is 3.35. The van der Waals surface area contributed by atoms with Crippen LogP contribution in [0.25, 0.3) is 11.5 Å². The first kappa shape index (κ1) is 19.8. The van der Waals surface area contributed by atoms with Crippen molar-refractivity contribution in [3.8, 4) is 23.0 Å². The van der Waals surface area contributed by atoms with Crippen LogP contribution in [0.3, 0.4) is 0 Å². The maximum Gasteiger partial charge on any atom is 0.226 e. The second-order valence-corrected chi connectivity index (χ2v) is 7.74. The van der Waals surface area contributed by atoms with Gasteiger partial charge in [-0.05, 0) is 55.6 Å². The number of halogens is 1. The van der Waals surface area contributed by atoms with Gasteiger partial charge in [0.25, 0.3) is 0 Å². The first-order chi connectivity index (χ1) is 14.1. The number of likely N-dealkylation sites (tertiary alicyclic amines) is 1. The van der Waals surface area contributed by atoms with E-state index in [0.717, 1.165) is 48.1 Å². The van der Waals surface area contributed by atoms with Crippen LogP contribution in [0.2, 0.25) is 5.02 Å². The number of hydrogen-bond acceptors (Lipinski definition) is 5. The van der Waals surface area contributed by atoms with Crippen molar-refractivity contribution in [2.45, 2.75) is 25.8 Å². The zero-order valence-corrected chi connectivity index (χ0v) is 17.7. The molecule has 4 rings (SSSR count). The SMILES string of the molecule is COc1ccc(-c2nc(CN3CC[C@@H](c4ccccc4Cl)C3)c(C)o2)cc1OC. The van der Waals surface area contributed by atoms with Crippen LogP contribution < -0.4 is 9.47 Å². The molecule has 0 spiro atoms. The predicted molar refractivity (Wildman–Crippen MR) is 114 cm³/mol. The molecule has 1 saturated heterocycles. The average molecular weight is 413 g/mol. The van der Waals surface area contributed by atoms with E-state index in [1.54, 1.807) is 14.2 Å². The summed E-state index contributed by atoms with van der Waals surface area (Å²) in [4.78, 5) is 7.17. The molecule has 1 atom stereocenters. The Kier molecular flexibility index (Phi) is 5.79. The summed E-state index contributed by atoms with van der Waals surface area (Å²) >= 11 is 6.39. The second kappa shape index (κ2) is 8.47. The van der Waals surface area contributed by atoms with Crippen molar-refractivity contribution in [1.82, 2.24) is 9.88 Å². The third-order valence-electron chi connectivity index (χ3n) is 5.51. The second-order valence-electron chi connectivity index (χ2n) is 7.33. The Labute approximate surface area is 176 Å². The van der Waals surface area contributed by atoms with Gasteiger partial charge in [0.1, 0.15) is 5.76 Å². The van der Waals surface area contributed by atoms with Crippen molar-refractivity contribution in [3.05, 3.63) is 64.5 Å². The van der Waals surface area contributed by atoms with E-state index in [1.165, 1.54) is 5.56 Å². The molecule has 2 heterocycles. The van der Waals surface area contributed by atoms with Crippen LogP contribution in [-0.2, 0) is 6.54 Å². The van der Waals surface area contributed by atoms with E-state index in [2.05, 4.69) is 17.0 Å². The number of hydrogen-bond donors (Lipinski definition) is 0. The van der Waals surface area contributed by atoms with E-state index in [-0.39, 0.29) is 0 Å². The number of aromatic nitrogens is 1. The maximum atomic E-state index is 6.39. The first-order valence-electron chi connectivity index (χ1n) is 9.74. The summed E-state index contributed by atoms with van der Waals surface area (Å²) in [5.74, 6) is 3.24. The van der Waals surface area contributed by atoms with Crippen molar-refractivity contribution in [2.75, 3.05) is 27.3 Å². The van der Waals surface area contributed by atoms with Gasteiger partial charge in [-0.2, -0.15) is 0 Å². The third-order valence-corrected chi connectivity index (χ3v) is 5.86. The Morgan fingerprint density at radius 2 is 1.93 bits per heavy atom. The van der Waals surface area contributed by atoms with Crippen molar-refractivity contribution >= 4 is 11.6 Å². The highest BCUT2D eigenvalue weighted by molar-refractivity contribution is 6.31. The predicted octanol–water partition coefficient (Wildman–Crippen LogP) is 5.31. The van der Waals surface area contributed by atoms with Gasteiger partial charge >= 0.3 is 0 Å². The molecule has 2 aromatic carbocycles. The number of aryl methyl sites for hydroxylation is 1. The van der Waals surface area contributed by atoms with E-state index in [0.29, 0.717) is 23.3 Å². The van der Waals surface area contributed by atoms with Crippen LogP contribution in [0, 0.1) is 6.92 Å². The van der Waals surface area contributed by atoms with Crippen molar-refractivity contribution in [3.63, 3.8) is 0 Å². The number of methoxy groups -OCH3 is 2. The van der Waals surface area contributed by atoms with E-state index >= 15 is 0 Å². The number of benzene rings is 2. The van der Waals surface area contributed by atoms with Crippen LogP contribution >= 0.6 is 11.6 Å². The topological polar surface area (TPSA) is 47.7 Å². The molecule has 6 heteroatoms. The van der Waals surface area contributed by atoms with Crippen LogP contribution in [0.1, 0.15) is 29.4 Å². The van der Waals surface area contributed by atoms with Gasteiger partial charge in [-0.15, -0.1) is 0 Å². The van der Waals surface area contributed by atoms with E-state index in [1.807, 2.05) is 37.3 Å². The molecule has 0 amide bonds. The fourth-order valence-corrected chi connectivity index (χ4v) is 4.21. The normalized spacial score (nSPS) is 16.9. The molecule has 1 aliphatic heterocycles. The fraction of sp³-hybridized carbons (Fsp3) is 0.348. The Bertz CT molecular complexity index is 1000. The van der Waals surface area contributed by atoms with Crippen molar-refractivity contribution in [1.29, 1.82) is 0 Å². The molecule has 1 aliphatic rings. The lowest BCUT2D eigenvalue weighted by Gasteiger charge is -2.15. The van der Waals surface area contributed by atoms with Gasteiger partial charge in [-0.3, -0.25) is 4.90 Å². The lowest BCUT2D eigenvalue weighted by atomic mass is 9.98. The Morgan fingerprint density at radius 1 is 1.14 bits per heavy atom. The fourth-order valence-electron chi connectivity index (χ4n) is 3.92. The number of ether oxygens (including phenoxy) is 2. The minimum atomic E-state index is 0.459. The smallest absolute Gasteiger partial charge is 0.226 e. The third kappa shape index (κ3) is 4.11. The molecule has 0 N–H and O–H groups in total. The minimum absolute atomic E-state index is 0.459. The molecule has 0 aliphatic carbocycles. The summed E-state index contributed by atoms with van der Waals surface area (Å²) in [5, 5.41) is 0.854. The molecule has 0 bridgehead atoms. The summed E-state index contributed by atoms with van der Waals surface area (Å²) in [6.45, 7) is 4.73. The summed E-state index contributed by atoms with van der Waals surface area (Å²) < 4.78 is 16.7. The molecular weight excluding hydrogens is 388 g/mol. The van der Waals surface area contributed by atoms with E-state index in [9.17, 15) is 0 Å². The van der Waals surface area contributed by atoms with Crippen LogP contribution in [0.15, 0.2) is 46.9 Å². The monoisotopic (exact) mass is 412 g/mol. The number of nitrogens with zero attached hydrogens (tertiary/aromatic N) is 2. The van der Waals surface area contributed by atoms with Gasteiger partial charge in [-0.1, -0.05) is 29.8 Å². The van der Waals surface area contributed by atoms with Crippen molar-refractivity contribution < 1.29 is 13.9 Å². The molecule has 3 aromatic rings.